The van der Waals surface area contributed by atoms with Gasteiger partial charge < -0.3 is 26.2 Å². The average molecular weight is 705 g/mol. The number of rotatable bonds is 8. The molecule has 2 aromatic rings. The molecule has 0 radical (unpaired) electrons. The smallest absolute Gasteiger partial charge is 0.330 e. The van der Waals surface area contributed by atoms with Gasteiger partial charge in [-0.05, 0) is 50.7 Å². The molecule has 2 unspecified atom stereocenters. The molecular formula is C38H62FN4O5P. The second kappa shape index (κ2) is 28.3. The number of hydrogen-bond acceptors (Lipinski definition) is 6. The van der Waals surface area contributed by atoms with Crippen LogP contribution in [0.3, 0.4) is 0 Å². The van der Waals surface area contributed by atoms with Crippen molar-refractivity contribution in [3.63, 3.8) is 0 Å². The predicted molar refractivity (Wildman–Crippen MR) is 204 cm³/mol. The van der Waals surface area contributed by atoms with Gasteiger partial charge in [0.15, 0.2) is 0 Å². The van der Waals surface area contributed by atoms with Gasteiger partial charge in [0.25, 0.3) is 0 Å². The van der Waals surface area contributed by atoms with E-state index in [1.807, 2.05) is 77.9 Å². The van der Waals surface area contributed by atoms with Gasteiger partial charge in [-0.15, -0.1) is 9.24 Å². The van der Waals surface area contributed by atoms with Crippen molar-refractivity contribution in [1.82, 2.24) is 20.9 Å². The molecule has 2 aromatic carbocycles. The highest BCUT2D eigenvalue weighted by molar-refractivity contribution is 7.27. The number of nitrogens with zero attached hydrogens (tertiary/aromatic N) is 1. The number of nitrogens with one attached hydrogen (secondary N) is 3. The highest BCUT2D eigenvalue weighted by Crippen LogP contribution is 2.37. The Hall–Kier alpha value is -3.59. The van der Waals surface area contributed by atoms with Crippen LogP contribution in [0.4, 0.5) is 14.0 Å². The van der Waals surface area contributed by atoms with Crippen molar-refractivity contribution in [2.75, 3.05) is 20.2 Å². The fourth-order valence-corrected chi connectivity index (χ4v) is 5.32. The molecule has 276 valence electrons. The Kier molecular flexibility index (Phi) is 27.4. The molecule has 4 amide bonds. The zero-order valence-corrected chi connectivity index (χ0v) is 32.3. The van der Waals surface area contributed by atoms with E-state index in [0.717, 1.165) is 37.7 Å². The monoisotopic (exact) mass is 704 g/mol. The van der Waals surface area contributed by atoms with E-state index in [1.165, 1.54) is 12.1 Å². The van der Waals surface area contributed by atoms with Gasteiger partial charge in [-0.3, -0.25) is 4.79 Å². The fraction of sp³-hybridized carbons (Fsp3) is 0.500. The van der Waals surface area contributed by atoms with Crippen molar-refractivity contribution in [1.29, 1.82) is 0 Å². The van der Waals surface area contributed by atoms with Gasteiger partial charge in [0.05, 0.1) is 6.04 Å². The van der Waals surface area contributed by atoms with Crippen molar-refractivity contribution in [3.8, 4) is 0 Å². The second-order valence-corrected chi connectivity index (χ2v) is 10.8. The van der Waals surface area contributed by atoms with Crippen LogP contribution in [0.2, 0.25) is 0 Å². The molecule has 1 aliphatic carbocycles. The first-order valence-electron chi connectivity index (χ1n) is 17.4. The van der Waals surface area contributed by atoms with E-state index in [-0.39, 0.29) is 35.6 Å². The number of halogens is 1. The van der Waals surface area contributed by atoms with E-state index in [4.69, 9.17) is 5.11 Å². The van der Waals surface area contributed by atoms with Crippen LogP contribution in [-0.2, 0) is 4.79 Å². The normalized spacial score (nSPS) is 17.6. The Morgan fingerprint density at radius 1 is 0.959 bits per heavy atom. The molecule has 0 bridgehead atoms. The van der Waals surface area contributed by atoms with Gasteiger partial charge in [-0.25, -0.2) is 18.9 Å². The summed E-state index contributed by atoms with van der Waals surface area (Å²) < 4.78 is 14.4. The van der Waals surface area contributed by atoms with Gasteiger partial charge in [0, 0.05) is 48.7 Å². The first kappa shape index (κ1) is 47.5. The van der Waals surface area contributed by atoms with Crippen molar-refractivity contribution >= 4 is 32.4 Å². The minimum atomic E-state index is -1.04. The third kappa shape index (κ3) is 16.1. The minimum Gasteiger partial charge on any atom is -0.508 e. The lowest BCUT2D eigenvalue weighted by Gasteiger charge is -2.37. The summed E-state index contributed by atoms with van der Waals surface area (Å²) in [7, 11) is 3.28. The van der Waals surface area contributed by atoms with Gasteiger partial charge in [-0.2, -0.15) is 0 Å². The Balaban J connectivity index is 0. The maximum Gasteiger partial charge on any atom is 0.330 e. The Morgan fingerprint density at radius 2 is 1.47 bits per heavy atom. The molecule has 5 N–H and O–H groups in total. The first-order chi connectivity index (χ1) is 23.6. The van der Waals surface area contributed by atoms with E-state index in [9.17, 15) is 23.9 Å². The number of Topliss-reactive ketones (excluding diaryl/α,β-unsaturated/α-hetero) is 1. The molecule has 4 rings (SSSR count). The molecular weight excluding hydrogens is 642 g/mol. The van der Waals surface area contributed by atoms with E-state index >= 15 is 0 Å². The number of amides is 4. The third-order valence-electron chi connectivity index (χ3n) is 7.36. The highest BCUT2D eigenvalue weighted by atomic mass is 31.0. The van der Waals surface area contributed by atoms with E-state index in [0.29, 0.717) is 29.5 Å². The van der Waals surface area contributed by atoms with Crippen LogP contribution in [0.5, 0.6) is 0 Å². The molecule has 1 saturated carbocycles. The number of urea groups is 2. The maximum absolute atomic E-state index is 14.4. The van der Waals surface area contributed by atoms with E-state index in [1.54, 1.807) is 19.9 Å². The number of benzene rings is 2. The van der Waals surface area contributed by atoms with Crippen LogP contribution in [0.1, 0.15) is 99.1 Å². The zero-order valence-electron chi connectivity index (χ0n) is 31.1. The van der Waals surface area contributed by atoms with Crippen molar-refractivity contribution in [3.05, 3.63) is 89.6 Å². The highest BCUT2D eigenvalue weighted by Gasteiger charge is 2.40. The van der Waals surface area contributed by atoms with Crippen LogP contribution >= 0.6 is 9.24 Å². The molecule has 0 spiro atoms. The van der Waals surface area contributed by atoms with Gasteiger partial charge in [0.1, 0.15) is 17.4 Å². The van der Waals surface area contributed by atoms with Gasteiger partial charge >= 0.3 is 12.1 Å². The summed E-state index contributed by atoms with van der Waals surface area (Å²) in [6, 6.07) is 14.3. The predicted octanol–water partition coefficient (Wildman–Crippen LogP) is 7.95. The molecule has 1 fully saturated rings. The zero-order chi connectivity index (χ0) is 37.9. The van der Waals surface area contributed by atoms with Gasteiger partial charge in [-0.1, -0.05) is 104 Å². The Bertz CT molecular complexity index is 1240. The largest absolute Gasteiger partial charge is 0.508 e. The number of imide groups is 1. The lowest BCUT2D eigenvalue weighted by atomic mass is 9.84. The van der Waals surface area contributed by atoms with Crippen LogP contribution in [0.25, 0.3) is 0 Å². The summed E-state index contributed by atoms with van der Waals surface area (Å²) in [6.45, 7) is 19.8. The second-order valence-electron chi connectivity index (χ2n) is 10.2. The summed E-state index contributed by atoms with van der Waals surface area (Å²) in [5, 5.41) is 26.5. The maximum atomic E-state index is 14.4. The minimum absolute atomic E-state index is 0.143. The number of hydrogen-bond donors (Lipinski definition) is 5. The molecule has 2 atom stereocenters. The van der Waals surface area contributed by atoms with Crippen molar-refractivity contribution in [2.45, 2.75) is 99.6 Å². The number of carbonyl (C=O) groups excluding carboxylic acids is 3. The summed E-state index contributed by atoms with van der Waals surface area (Å²) in [5.74, 6) is -0.433. The van der Waals surface area contributed by atoms with E-state index in [2.05, 4.69) is 31.8 Å². The lowest BCUT2D eigenvalue weighted by molar-refractivity contribution is -0.121. The fourth-order valence-electron chi connectivity index (χ4n) is 5.14. The summed E-state index contributed by atoms with van der Waals surface area (Å²) in [5.41, 5.74) is 1.03. The summed E-state index contributed by atoms with van der Waals surface area (Å²) >= 11 is 0. The first-order valence-corrected chi connectivity index (χ1v) is 17.9. The van der Waals surface area contributed by atoms with Crippen LogP contribution in [0.15, 0.2) is 78.2 Å². The van der Waals surface area contributed by atoms with E-state index < -0.39 is 23.9 Å². The Labute approximate surface area is 297 Å². The number of carbonyl (C=O) groups is 3. The molecule has 0 aromatic heterocycles. The van der Waals surface area contributed by atoms with Crippen molar-refractivity contribution in [2.24, 2.45) is 5.92 Å². The topological polar surface area (TPSA) is 131 Å². The summed E-state index contributed by atoms with van der Waals surface area (Å²) in [4.78, 5) is 38.6. The summed E-state index contributed by atoms with van der Waals surface area (Å²) in [6.07, 6.45) is 3.91. The molecule has 1 aliphatic heterocycles. The molecule has 0 saturated heterocycles. The molecule has 11 heteroatoms. The number of aliphatic hydroxyl groups is 2. The third-order valence-corrected chi connectivity index (χ3v) is 7.83. The number of allylic oxidation sites excluding steroid dienone is 1. The lowest BCUT2D eigenvalue weighted by Crippen LogP contribution is -2.54. The van der Waals surface area contributed by atoms with Crippen LogP contribution < -0.4 is 21.3 Å². The van der Waals surface area contributed by atoms with Crippen molar-refractivity contribution < 1.29 is 29.0 Å². The number of aliphatic hydroxyl groups excluding tert-OH is 2. The average Bonchev–Trinajstić information content (AvgIpc) is 3.15. The molecule has 9 nitrogen and oxygen atoms in total. The van der Waals surface area contributed by atoms with Crippen LogP contribution in [0, 0.1) is 11.7 Å². The quantitative estimate of drug-likeness (QED) is 0.108. The molecule has 1 heterocycles. The standard InChI is InChI=1S/C25H34FN4O4P.C6H6.3C2H6.CH4O/c1-4-20-22(15(3)32)23(17-7-10-21(35)19(26)13-17)30(25(34)29-20)24(33)28-12-11-27-18-8-5-16(6-9-18)14(2)31;1-2-4-6-5-3-1;4*1-2/h7,10,13,16,18,23,27,32H,3-6,8-9,11-12,35H2,1-2H3,(H,28,33)(H,29,34);1-6H;3*1-2H3;2H,1H3. The Morgan fingerprint density at radius 3 is 1.90 bits per heavy atom. The van der Waals surface area contributed by atoms with Gasteiger partial charge in [0.2, 0.25) is 0 Å². The van der Waals surface area contributed by atoms with Crippen LogP contribution in [-0.4, -0.2) is 59.2 Å². The SMILES string of the molecule is C=C(O)C1=C(CC)NC(=O)N(C(=O)NCCNC2CCC(C(C)=O)CC2)C1c1ccc(P)c(F)c1.CC.CC.CC.CO.c1ccccc1. The number of ketones is 1. The molecule has 49 heavy (non-hydrogen) atoms. The molecule has 2 aliphatic rings.